The van der Waals surface area contributed by atoms with Gasteiger partial charge in [-0.25, -0.2) is 0 Å². The van der Waals surface area contributed by atoms with Crippen LogP contribution >= 0.6 is 0 Å². The van der Waals surface area contributed by atoms with Crippen molar-refractivity contribution in [3.63, 3.8) is 0 Å². The second kappa shape index (κ2) is 8.57. The van der Waals surface area contributed by atoms with Crippen molar-refractivity contribution < 1.29 is 14.6 Å². The average molecular weight is 228 g/mol. The first-order valence-corrected chi connectivity index (χ1v) is 6.63. The standard InChI is InChI=1S/C13H24O3/c14-11-6-4-2-1-3-5-8-12-9-7-10-13(15)16-12/h12,14H,1-11H2. The lowest BCUT2D eigenvalue weighted by Gasteiger charge is -2.21. The molecule has 1 saturated heterocycles. The molecule has 1 unspecified atom stereocenters. The summed E-state index contributed by atoms with van der Waals surface area (Å²) in [5.74, 6) is -0.0146. The Morgan fingerprint density at radius 2 is 1.81 bits per heavy atom. The van der Waals surface area contributed by atoms with Crippen LogP contribution in [0.25, 0.3) is 0 Å². The molecule has 0 aromatic rings. The predicted molar refractivity (Wildman–Crippen MR) is 63.1 cm³/mol. The molecular weight excluding hydrogens is 204 g/mol. The summed E-state index contributed by atoms with van der Waals surface area (Å²) in [6.45, 7) is 0.317. The van der Waals surface area contributed by atoms with Gasteiger partial charge in [0.25, 0.3) is 0 Å². The van der Waals surface area contributed by atoms with Gasteiger partial charge in [0.05, 0.1) is 0 Å². The molecule has 94 valence electrons. The summed E-state index contributed by atoms with van der Waals surface area (Å²) >= 11 is 0. The maximum atomic E-state index is 11.0. The molecule has 0 saturated carbocycles. The number of hydrogen-bond acceptors (Lipinski definition) is 3. The number of ether oxygens (including phenoxy) is 1. The minimum absolute atomic E-state index is 0.0146. The zero-order valence-electron chi connectivity index (χ0n) is 10.1. The third kappa shape index (κ3) is 6.11. The second-order valence-corrected chi connectivity index (χ2v) is 4.64. The molecule has 1 aliphatic heterocycles. The fraction of sp³-hybridized carbons (Fsp3) is 0.923. The van der Waals surface area contributed by atoms with E-state index in [2.05, 4.69) is 0 Å². The summed E-state index contributed by atoms with van der Waals surface area (Å²) in [5.41, 5.74) is 0. The maximum absolute atomic E-state index is 11.0. The Labute approximate surface area is 98.2 Å². The van der Waals surface area contributed by atoms with Crippen LogP contribution in [0.1, 0.15) is 64.2 Å². The summed E-state index contributed by atoms with van der Waals surface area (Å²) in [4.78, 5) is 11.0. The van der Waals surface area contributed by atoms with Crippen LogP contribution in [0.5, 0.6) is 0 Å². The highest BCUT2D eigenvalue weighted by Gasteiger charge is 2.19. The Balaban J connectivity index is 1.88. The number of carbonyl (C=O) groups excluding carboxylic acids is 1. The number of hydrogen-bond donors (Lipinski definition) is 1. The van der Waals surface area contributed by atoms with E-state index in [4.69, 9.17) is 9.84 Å². The zero-order chi connectivity index (χ0) is 11.6. The van der Waals surface area contributed by atoms with Gasteiger partial charge in [-0.05, 0) is 32.1 Å². The van der Waals surface area contributed by atoms with E-state index in [-0.39, 0.29) is 12.1 Å². The monoisotopic (exact) mass is 228 g/mol. The van der Waals surface area contributed by atoms with Crippen molar-refractivity contribution in [2.75, 3.05) is 6.61 Å². The van der Waals surface area contributed by atoms with Gasteiger partial charge < -0.3 is 9.84 Å². The van der Waals surface area contributed by atoms with Crippen molar-refractivity contribution in [3.8, 4) is 0 Å². The van der Waals surface area contributed by atoms with Crippen LogP contribution in [0.15, 0.2) is 0 Å². The van der Waals surface area contributed by atoms with Crippen LogP contribution < -0.4 is 0 Å². The quantitative estimate of drug-likeness (QED) is 0.513. The van der Waals surface area contributed by atoms with Gasteiger partial charge in [0.15, 0.2) is 0 Å². The Kier molecular flexibility index (Phi) is 7.23. The highest BCUT2D eigenvalue weighted by Crippen LogP contribution is 2.19. The number of aliphatic hydroxyl groups excluding tert-OH is 1. The van der Waals surface area contributed by atoms with Gasteiger partial charge in [-0.3, -0.25) is 4.79 Å². The summed E-state index contributed by atoms with van der Waals surface area (Å²) in [6.07, 6.45) is 10.8. The van der Waals surface area contributed by atoms with Gasteiger partial charge in [-0.1, -0.05) is 25.7 Å². The van der Waals surface area contributed by atoms with E-state index in [0.29, 0.717) is 13.0 Å². The number of aliphatic hydroxyl groups is 1. The van der Waals surface area contributed by atoms with E-state index >= 15 is 0 Å². The highest BCUT2D eigenvalue weighted by atomic mass is 16.5. The third-order valence-corrected chi connectivity index (χ3v) is 3.14. The van der Waals surface area contributed by atoms with E-state index in [9.17, 15) is 4.79 Å². The van der Waals surface area contributed by atoms with Gasteiger partial charge in [-0.15, -0.1) is 0 Å². The lowest BCUT2D eigenvalue weighted by Crippen LogP contribution is -2.23. The largest absolute Gasteiger partial charge is 0.462 e. The molecule has 0 bridgehead atoms. The fourth-order valence-corrected chi connectivity index (χ4v) is 2.17. The summed E-state index contributed by atoms with van der Waals surface area (Å²) in [6, 6.07) is 0. The normalized spacial score (nSPS) is 20.8. The lowest BCUT2D eigenvalue weighted by molar-refractivity contribution is -0.154. The predicted octanol–water partition coefficient (Wildman–Crippen LogP) is 2.81. The first-order valence-electron chi connectivity index (χ1n) is 6.63. The third-order valence-electron chi connectivity index (χ3n) is 3.14. The van der Waals surface area contributed by atoms with Crippen molar-refractivity contribution in [2.24, 2.45) is 0 Å². The Morgan fingerprint density at radius 1 is 1.12 bits per heavy atom. The van der Waals surface area contributed by atoms with Crippen LogP contribution in [0.3, 0.4) is 0 Å². The molecule has 3 nitrogen and oxygen atoms in total. The van der Waals surface area contributed by atoms with Crippen LogP contribution in [-0.2, 0) is 9.53 Å². The minimum atomic E-state index is -0.0146. The number of carbonyl (C=O) groups is 1. The van der Waals surface area contributed by atoms with Gasteiger partial charge in [0.1, 0.15) is 6.10 Å². The Bertz CT molecular complexity index is 192. The molecule has 1 atom stereocenters. The molecule has 16 heavy (non-hydrogen) atoms. The van der Waals surface area contributed by atoms with Crippen molar-refractivity contribution in [1.82, 2.24) is 0 Å². The van der Waals surface area contributed by atoms with Crippen LogP contribution in [-0.4, -0.2) is 23.8 Å². The van der Waals surface area contributed by atoms with Crippen LogP contribution in [0.4, 0.5) is 0 Å². The Hall–Kier alpha value is -0.570. The summed E-state index contributed by atoms with van der Waals surface area (Å²) < 4.78 is 5.26. The van der Waals surface area contributed by atoms with Gasteiger partial charge in [0.2, 0.25) is 0 Å². The summed E-state index contributed by atoms with van der Waals surface area (Å²) in [7, 11) is 0. The fourth-order valence-electron chi connectivity index (χ4n) is 2.17. The first kappa shape index (κ1) is 13.5. The molecule has 0 aromatic carbocycles. The van der Waals surface area contributed by atoms with E-state index in [0.717, 1.165) is 38.5 Å². The molecule has 0 spiro atoms. The second-order valence-electron chi connectivity index (χ2n) is 4.64. The molecule has 1 aliphatic rings. The molecule has 0 aliphatic carbocycles. The average Bonchev–Trinajstić information content (AvgIpc) is 2.28. The smallest absolute Gasteiger partial charge is 0.306 e. The molecular formula is C13H24O3. The van der Waals surface area contributed by atoms with Crippen molar-refractivity contribution in [2.45, 2.75) is 70.3 Å². The number of rotatable bonds is 8. The van der Waals surface area contributed by atoms with Crippen LogP contribution in [0, 0.1) is 0 Å². The number of esters is 1. The Morgan fingerprint density at radius 3 is 2.50 bits per heavy atom. The molecule has 1 N–H and O–H groups in total. The topological polar surface area (TPSA) is 46.5 Å². The van der Waals surface area contributed by atoms with Gasteiger partial charge in [-0.2, -0.15) is 0 Å². The van der Waals surface area contributed by atoms with Crippen molar-refractivity contribution >= 4 is 5.97 Å². The first-order chi connectivity index (χ1) is 7.83. The van der Waals surface area contributed by atoms with E-state index in [1.807, 2.05) is 0 Å². The minimum Gasteiger partial charge on any atom is -0.462 e. The number of unbranched alkanes of at least 4 members (excludes halogenated alkanes) is 5. The molecule has 0 aromatic heterocycles. The van der Waals surface area contributed by atoms with Crippen molar-refractivity contribution in [3.05, 3.63) is 0 Å². The zero-order valence-corrected chi connectivity index (χ0v) is 10.1. The molecule has 1 fully saturated rings. The molecule has 3 heteroatoms. The molecule has 0 amide bonds. The highest BCUT2D eigenvalue weighted by molar-refractivity contribution is 5.70. The number of cyclic esters (lactones) is 1. The molecule has 0 radical (unpaired) electrons. The van der Waals surface area contributed by atoms with E-state index < -0.39 is 0 Å². The molecule has 1 rings (SSSR count). The van der Waals surface area contributed by atoms with Gasteiger partial charge >= 0.3 is 5.97 Å². The lowest BCUT2D eigenvalue weighted by atomic mass is 10.0. The van der Waals surface area contributed by atoms with E-state index in [1.165, 1.54) is 19.3 Å². The SMILES string of the molecule is O=C1CCCC(CCCCCCCCO)O1. The van der Waals surface area contributed by atoms with Crippen molar-refractivity contribution in [1.29, 1.82) is 0 Å². The van der Waals surface area contributed by atoms with E-state index in [1.54, 1.807) is 0 Å². The summed E-state index contributed by atoms with van der Waals surface area (Å²) in [5, 5.41) is 8.62. The maximum Gasteiger partial charge on any atom is 0.306 e. The molecule has 1 heterocycles. The van der Waals surface area contributed by atoms with Crippen LogP contribution in [0.2, 0.25) is 0 Å². The van der Waals surface area contributed by atoms with Gasteiger partial charge in [0, 0.05) is 13.0 Å².